The molecule has 5 rings (SSSR count). The molecule has 4 heterocycles. The molecular formula is C20H16N6. The SMILES string of the molecule is Cn1c(CCc2ncc3ncccc3n2)nc2c3cccnc3ccc21. The highest BCUT2D eigenvalue weighted by Gasteiger charge is 2.12. The van der Waals surface area contributed by atoms with Gasteiger partial charge in [-0.05, 0) is 36.4 Å². The second-order valence-corrected chi connectivity index (χ2v) is 6.28. The molecule has 126 valence electrons. The Kier molecular flexibility index (Phi) is 3.35. The van der Waals surface area contributed by atoms with Crippen LogP contribution < -0.4 is 0 Å². The predicted molar refractivity (Wildman–Crippen MR) is 101 cm³/mol. The van der Waals surface area contributed by atoms with Crippen LogP contribution in [0, 0.1) is 0 Å². The highest BCUT2D eigenvalue weighted by molar-refractivity contribution is 6.02. The lowest BCUT2D eigenvalue weighted by Gasteiger charge is -2.03. The Bertz CT molecular complexity index is 1260. The number of nitrogens with zero attached hydrogens (tertiary/aromatic N) is 6. The maximum atomic E-state index is 4.87. The zero-order valence-electron chi connectivity index (χ0n) is 14.3. The van der Waals surface area contributed by atoms with Gasteiger partial charge in [0.05, 0.1) is 28.3 Å². The van der Waals surface area contributed by atoms with Crippen molar-refractivity contribution in [2.24, 2.45) is 7.05 Å². The molecule has 1 aromatic carbocycles. The number of hydrogen-bond donors (Lipinski definition) is 0. The van der Waals surface area contributed by atoms with Crippen LogP contribution in [-0.2, 0) is 19.9 Å². The molecule has 0 aliphatic carbocycles. The number of benzene rings is 1. The van der Waals surface area contributed by atoms with Gasteiger partial charge in [0.25, 0.3) is 0 Å². The van der Waals surface area contributed by atoms with Crippen molar-refractivity contribution in [2.75, 3.05) is 0 Å². The molecule has 4 aromatic heterocycles. The fourth-order valence-electron chi connectivity index (χ4n) is 3.33. The van der Waals surface area contributed by atoms with E-state index in [1.165, 1.54) is 0 Å². The molecule has 0 aliphatic rings. The van der Waals surface area contributed by atoms with Crippen molar-refractivity contribution >= 4 is 33.0 Å². The Hall–Kier alpha value is -3.41. The Morgan fingerprint density at radius 2 is 1.65 bits per heavy atom. The van der Waals surface area contributed by atoms with Crippen LogP contribution in [-0.4, -0.2) is 29.5 Å². The summed E-state index contributed by atoms with van der Waals surface area (Å²) in [5.41, 5.74) is 4.77. The zero-order chi connectivity index (χ0) is 17.5. The summed E-state index contributed by atoms with van der Waals surface area (Å²) < 4.78 is 2.14. The first-order chi connectivity index (χ1) is 12.8. The van der Waals surface area contributed by atoms with E-state index in [2.05, 4.69) is 43.7 Å². The molecule has 0 N–H and O–H groups in total. The lowest BCUT2D eigenvalue weighted by Crippen LogP contribution is -2.03. The minimum atomic E-state index is 0.734. The van der Waals surface area contributed by atoms with Crippen molar-refractivity contribution in [2.45, 2.75) is 12.8 Å². The molecular weight excluding hydrogens is 324 g/mol. The molecule has 26 heavy (non-hydrogen) atoms. The fourth-order valence-corrected chi connectivity index (χ4v) is 3.33. The first kappa shape index (κ1) is 14.9. The molecule has 0 aliphatic heterocycles. The fraction of sp³-hybridized carbons (Fsp3) is 0.150. The molecule has 5 aromatic rings. The van der Waals surface area contributed by atoms with Crippen LogP contribution in [0.1, 0.15) is 11.6 Å². The summed E-state index contributed by atoms with van der Waals surface area (Å²) in [6.45, 7) is 0. The van der Waals surface area contributed by atoms with E-state index in [1.807, 2.05) is 30.5 Å². The highest BCUT2D eigenvalue weighted by atomic mass is 15.1. The molecule has 0 atom stereocenters. The Morgan fingerprint density at radius 3 is 2.58 bits per heavy atom. The van der Waals surface area contributed by atoms with Gasteiger partial charge in [-0.15, -0.1) is 0 Å². The van der Waals surface area contributed by atoms with Gasteiger partial charge in [0.1, 0.15) is 17.2 Å². The van der Waals surface area contributed by atoms with Crippen molar-refractivity contribution in [3.8, 4) is 0 Å². The second kappa shape index (κ2) is 5.84. The number of hydrogen-bond acceptors (Lipinski definition) is 5. The minimum absolute atomic E-state index is 0.734. The summed E-state index contributed by atoms with van der Waals surface area (Å²) in [6.07, 6.45) is 6.86. The number of aromatic nitrogens is 6. The van der Waals surface area contributed by atoms with Gasteiger partial charge in [0.15, 0.2) is 0 Å². The standard InChI is InChI=1S/C20H16N6/c1-26-17-7-6-14-13(4-2-10-21-14)20(17)25-19(26)9-8-18-23-12-16-15(24-18)5-3-11-22-16/h2-7,10-12H,8-9H2,1H3. The topological polar surface area (TPSA) is 69.4 Å². The van der Waals surface area contributed by atoms with Crippen molar-refractivity contribution in [3.05, 3.63) is 66.6 Å². The van der Waals surface area contributed by atoms with Gasteiger partial charge in [0.2, 0.25) is 0 Å². The van der Waals surface area contributed by atoms with Crippen LogP contribution >= 0.6 is 0 Å². The molecule has 6 heteroatoms. The lowest BCUT2D eigenvalue weighted by molar-refractivity contribution is 0.762. The number of aryl methyl sites for hydroxylation is 3. The van der Waals surface area contributed by atoms with E-state index in [-0.39, 0.29) is 0 Å². The first-order valence-electron chi connectivity index (χ1n) is 8.55. The summed E-state index contributed by atoms with van der Waals surface area (Å²) in [5.74, 6) is 1.83. The van der Waals surface area contributed by atoms with Crippen LogP contribution in [0.2, 0.25) is 0 Å². The van der Waals surface area contributed by atoms with Gasteiger partial charge in [0, 0.05) is 37.7 Å². The summed E-state index contributed by atoms with van der Waals surface area (Å²) in [4.78, 5) is 22.6. The Morgan fingerprint density at radius 1 is 0.808 bits per heavy atom. The van der Waals surface area contributed by atoms with Gasteiger partial charge < -0.3 is 4.57 Å². The molecule has 0 radical (unpaired) electrons. The highest BCUT2D eigenvalue weighted by Crippen LogP contribution is 2.24. The third-order valence-electron chi connectivity index (χ3n) is 4.70. The summed E-state index contributed by atoms with van der Waals surface area (Å²) in [7, 11) is 2.05. The lowest BCUT2D eigenvalue weighted by atomic mass is 10.2. The Labute approximate surface area is 149 Å². The van der Waals surface area contributed by atoms with E-state index in [4.69, 9.17) is 4.98 Å². The summed E-state index contributed by atoms with van der Waals surface area (Å²) >= 11 is 0. The van der Waals surface area contributed by atoms with Gasteiger partial charge >= 0.3 is 0 Å². The van der Waals surface area contributed by atoms with E-state index < -0.39 is 0 Å². The molecule has 0 spiro atoms. The van der Waals surface area contributed by atoms with E-state index in [1.54, 1.807) is 12.4 Å². The van der Waals surface area contributed by atoms with Gasteiger partial charge in [-0.2, -0.15) is 0 Å². The maximum Gasteiger partial charge on any atom is 0.129 e. The van der Waals surface area contributed by atoms with Crippen LogP contribution in [0.25, 0.3) is 33.0 Å². The zero-order valence-corrected chi connectivity index (χ0v) is 14.3. The molecule has 0 amide bonds. The predicted octanol–water partition coefficient (Wildman–Crippen LogP) is 3.24. The molecule has 0 unspecified atom stereocenters. The smallest absolute Gasteiger partial charge is 0.129 e. The quantitative estimate of drug-likeness (QED) is 0.504. The van der Waals surface area contributed by atoms with Gasteiger partial charge in [-0.25, -0.2) is 15.0 Å². The van der Waals surface area contributed by atoms with E-state index in [0.29, 0.717) is 0 Å². The molecule has 6 nitrogen and oxygen atoms in total. The number of imidazole rings is 1. The monoisotopic (exact) mass is 340 g/mol. The molecule has 0 saturated heterocycles. The maximum absolute atomic E-state index is 4.87. The number of fused-ring (bicyclic) bond motifs is 4. The number of rotatable bonds is 3. The number of pyridine rings is 2. The average molecular weight is 340 g/mol. The van der Waals surface area contributed by atoms with E-state index in [9.17, 15) is 0 Å². The largest absolute Gasteiger partial charge is 0.331 e. The van der Waals surface area contributed by atoms with Crippen LogP contribution in [0.3, 0.4) is 0 Å². The summed E-state index contributed by atoms with van der Waals surface area (Å²) in [5, 5.41) is 1.08. The first-order valence-corrected chi connectivity index (χ1v) is 8.55. The van der Waals surface area contributed by atoms with E-state index in [0.717, 1.165) is 57.5 Å². The summed E-state index contributed by atoms with van der Waals surface area (Å²) in [6, 6.07) is 12.0. The molecule has 0 fully saturated rings. The van der Waals surface area contributed by atoms with Crippen molar-refractivity contribution in [1.82, 2.24) is 29.5 Å². The third-order valence-corrected chi connectivity index (χ3v) is 4.70. The minimum Gasteiger partial charge on any atom is -0.331 e. The normalized spacial score (nSPS) is 11.6. The third kappa shape index (κ3) is 2.38. The van der Waals surface area contributed by atoms with Crippen molar-refractivity contribution in [3.63, 3.8) is 0 Å². The average Bonchev–Trinajstić information content (AvgIpc) is 3.02. The molecule has 0 saturated carbocycles. The second-order valence-electron chi connectivity index (χ2n) is 6.28. The van der Waals surface area contributed by atoms with Gasteiger partial charge in [-0.1, -0.05) is 0 Å². The van der Waals surface area contributed by atoms with Gasteiger partial charge in [-0.3, -0.25) is 9.97 Å². The van der Waals surface area contributed by atoms with Crippen LogP contribution in [0.4, 0.5) is 0 Å². The van der Waals surface area contributed by atoms with Crippen LogP contribution in [0.5, 0.6) is 0 Å². The van der Waals surface area contributed by atoms with E-state index >= 15 is 0 Å². The van der Waals surface area contributed by atoms with Crippen molar-refractivity contribution in [1.29, 1.82) is 0 Å². The Balaban J connectivity index is 1.50. The molecule has 0 bridgehead atoms. The van der Waals surface area contributed by atoms with Crippen molar-refractivity contribution < 1.29 is 0 Å². The van der Waals surface area contributed by atoms with Crippen LogP contribution in [0.15, 0.2) is 55.0 Å².